The summed E-state index contributed by atoms with van der Waals surface area (Å²) in [5.74, 6) is 0. The molecule has 10 rings (SSSR count). The van der Waals surface area contributed by atoms with Gasteiger partial charge in [-0.05, 0) is 109 Å². The van der Waals surface area contributed by atoms with Crippen LogP contribution < -0.4 is 4.90 Å². The van der Waals surface area contributed by atoms with Gasteiger partial charge in [-0.1, -0.05) is 133 Å². The summed E-state index contributed by atoms with van der Waals surface area (Å²) < 4.78 is 2.62. The number of thiophene rings is 1. The van der Waals surface area contributed by atoms with E-state index in [9.17, 15) is 0 Å². The van der Waals surface area contributed by atoms with Crippen LogP contribution in [-0.4, -0.2) is 0 Å². The number of anilines is 3. The van der Waals surface area contributed by atoms with E-state index in [2.05, 4.69) is 193 Å². The topological polar surface area (TPSA) is 3.24 Å². The number of benzene rings is 9. The molecular formula is C48H31NS. The summed E-state index contributed by atoms with van der Waals surface area (Å²) in [6.07, 6.45) is 0. The molecule has 9 aromatic carbocycles. The van der Waals surface area contributed by atoms with Crippen molar-refractivity contribution in [1.82, 2.24) is 0 Å². The maximum absolute atomic E-state index is 2.41. The molecule has 0 bridgehead atoms. The van der Waals surface area contributed by atoms with Gasteiger partial charge in [-0.2, -0.15) is 0 Å². The van der Waals surface area contributed by atoms with E-state index < -0.39 is 0 Å². The molecule has 0 fully saturated rings. The largest absolute Gasteiger partial charge is 0.310 e. The fraction of sp³-hybridized carbons (Fsp3) is 0. The lowest BCUT2D eigenvalue weighted by molar-refractivity contribution is 1.29. The van der Waals surface area contributed by atoms with Gasteiger partial charge in [0.1, 0.15) is 0 Å². The Kier molecular flexibility index (Phi) is 6.75. The molecule has 0 aliphatic heterocycles. The summed E-state index contributed by atoms with van der Waals surface area (Å²) in [5, 5.41) is 10.2. The van der Waals surface area contributed by atoms with E-state index in [1.807, 2.05) is 11.3 Å². The molecule has 0 unspecified atom stereocenters. The molecular weight excluding hydrogens is 623 g/mol. The summed E-state index contributed by atoms with van der Waals surface area (Å²) in [4.78, 5) is 2.41. The van der Waals surface area contributed by atoms with Crippen molar-refractivity contribution < 1.29 is 0 Å². The third-order valence-corrected chi connectivity index (χ3v) is 11.2. The molecule has 0 amide bonds. The Balaban J connectivity index is 1.15. The first kappa shape index (κ1) is 28.8. The van der Waals surface area contributed by atoms with Crippen LogP contribution in [0.4, 0.5) is 17.1 Å². The van der Waals surface area contributed by atoms with Crippen molar-refractivity contribution in [2.75, 3.05) is 4.90 Å². The predicted molar refractivity (Wildman–Crippen MR) is 217 cm³/mol. The van der Waals surface area contributed by atoms with Crippen molar-refractivity contribution in [2.24, 2.45) is 0 Å². The number of hydrogen-bond donors (Lipinski definition) is 0. The molecule has 1 aromatic heterocycles. The molecule has 50 heavy (non-hydrogen) atoms. The van der Waals surface area contributed by atoms with Gasteiger partial charge in [-0.25, -0.2) is 0 Å². The van der Waals surface area contributed by atoms with E-state index >= 15 is 0 Å². The highest BCUT2D eigenvalue weighted by molar-refractivity contribution is 7.25. The number of nitrogens with zero attached hydrogens (tertiary/aromatic N) is 1. The van der Waals surface area contributed by atoms with Gasteiger partial charge in [0, 0.05) is 37.2 Å². The van der Waals surface area contributed by atoms with Gasteiger partial charge in [0.05, 0.1) is 0 Å². The average molecular weight is 654 g/mol. The molecule has 0 atom stereocenters. The van der Waals surface area contributed by atoms with Gasteiger partial charge in [0.15, 0.2) is 0 Å². The summed E-state index contributed by atoms with van der Waals surface area (Å²) in [7, 11) is 0. The smallest absolute Gasteiger partial charge is 0.0468 e. The van der Waals surface area contributed by atoms with E-state index in [1.165, 1.54) is 74.7 Å². The molecule has 10 aromatic rings. The molecule has 234 valence electrons. The molecule has 0 saturated carbocycles. The molecule has 2 heteroatoms. The van der Waals surface area contributed by atoms with Crippen LogP contribution in [0.2, 0.25) is 0 Å². The highest BCUT2D eigenvalue weighted by Gasteiger charge is 2.17. The van der Waals surface area contributed by atoms with Crippen molar-refractivity contribution in [2.45, 2.75) is 0 Å². The Labute approximate surface area is 294 Å². The molecule has 0 aliphatic rings. The molecule has 0 saturated heterocycles. The van der Waals surface area contributed by atoms with Crippen molar-refractivity contribution in [3.63, 3.8) is 0 Å². The van der Waals surface area contributed by atoms with Gasteiger partial charge in [0.2, 0.25) is 0 Å². The van der Waals surface area contributed by atoms with Crippen LogP contribution in [0.15, 0.2) is 188 Å². The number of rotatable bonds is 5. The third-order valence-electron chi connectivity index (χ3n) is 10.0. The monoisotopic (exact) mass is 653 g/mol. The first-order valence-electron chi connectivity index (χ1n) is 17.1. The highest BCUT2D eigenvalue weighted by atomic mass is 32.1. The van der Waals surface area contributed by atoms with Crippen LogP contribution in [0.1, 0.15) is 0 Å². The number of hydrogen-bond acceptors (Lipinski definition) is 2. The molecule has 1 heterocycles. The van der Waals surface area contributed by atoms with Crippen LogP contribution >= 0.6 is 11.3 Å². The Morgan fingerprint density at radius 1 is 0.300 bits per heavy atom. The van der Waals surface area contributed by atoms with Crippen LogP contribution in [0.25, 0.3) is 74.7 Å². The van der Waals surface area contributed by atoms with Crippen LogP contribution in [0, 0.1) is 0 Å². The van der Waals surface area contributed by atoms with E-state index in [0.29, 0.717) is 0 Å². The zero-order valence-electron chi connectivity index (χ0n) is 27.3. The van der Waals surface area contributed by atoms with Crippen molar-refractivity contribution in [3.05, 3.63) is 188 Å². The number of fused-ring (bicyclic) bond motifs is 7. The maximum atomic E-state index is 2.41. The second-order valence-corrected chi connectivity index (χ2v) is 14.0. The van der Waals surface area contributed by atoms with Gasteiger partial charge < -0.3 is 4.90 Å². The lowest BCUT2D eigenvalue weighted by Gasteiger charge is -2.26. The van der Waals surface area contributed by atoms with Crippen molar-refractivity contribution in [1.29, 1.82) is 0 Å². The molecule has 1 nitrogen and oxygen atoms in total. The lowest BCUT2D eigenvalue weighted by Crippen LogP contribution is -2.10. The fourth-order valence-corrected chi connectivity index (χ4v) is 8.76. The van der Waals surface area contributed by atoms with E-state index in [4.69, 9.17) is 0 Å². The van der Waals surface area contributed by atoms with Crippen LogP contribution in [0.5, 0.6) is 0 Å². The molecule has 0 N–H and O–H groups in total. The minimum Gasteiger partial charge on any atom is -0.310 e. The van der Waals surface area contributed by atoms with E-state index in [0.717, 1.165) is 17.1 Å². The summed E-state index contributed by atoms with van der Waals surface area (Å²) >= 11 is 1.86. The first-order valence-corrected chi connectivity index (χ1v) is 17.9. The van der Waals surface area contributed by atoms with Crippen LogP contribution in [-0.2, 0) is 0 Å². The quantitative estimate of drug-likeness (QED) is 0.167. The standard InChI is InChI=1S/C48H31NS/c1-3-16-39-32(11-1)13-10-21-40(39)34-14-9-15-37(29-34)49(38-27-28-48-46(31-38)44-20-7-8-22-47(44)50-48)36-25-23-33(24-26-36)45-30-35-12-2-4-17-41(35)42-18-5-6-19-43(42)45/h1-31H. The van der Waals surface area contributed by atoms with E-state index in [1.54, 1.807) is 0 Å². The third kappa shape index (κ3) is 4.76. The van der Waals surface area contributed by atoms with Crippen LogP contribution in [0.3, 0.4) is 0 Å². The second-order valence-electron chi connectivity index (χ2n) is 12.9. The van der Waals surface area contributed by atoms with Gasteiger partial charge in [0.25, 0.3) is 0 Å². The minimum absolute atomic E-state index is 1.12. The van der Waals surface area contributed by atoms with Gasteiger partial charge >= 0.3 is 0 Å². The SMILES string of the molecule is c1cc(-c2cccc3ccccc23)cc(N(c2ccc(-c3cc4ccccc4c4ccccc34)cc2)c2ccc3sc4ccccc4c3c2)c1. The van der Waals surface area contributed by atoms with Crippen molar-refractivity contribution in [3.8, 4) is 22.3 Å². The van der Waals surface area contributed by atoms with Gasteiger partial charge in [-0.15, -0.1) is 11.3 Å². The Bertz CT molecular complexity index is 2870. The fourth-order valence-electron chi connectivity index (χ4n) is 7.67. The Morgan fingerprint density at radius 3 is 1.78 bits per heavy atom. The lowest BCUT2D eigenvalue weighted by atomic mass is 9.93. The normalized spacial score (nSPS) is 11.6. The molecule has 0 spiro atoms. The average Bonchev–Trinajstić information content (AvgIpc) is 3.56. The Hall–Kier alpha value is -6.22. The summed E-state index contributed by atoms with van der Waals surface area (Å²) in [5.41, 5.74) is 8.28. The summed E-state index contributed by atoms with van der Waals surface area (Å²) in [6, 6.07) is 68.8. The Morgan fingerprint density at radius 2 is 0.920 bits per heavy atom. The maximum Gasteiger partial charge on any atom is 0.0468 e. The molecule has 0 aliphatic carbocycles. The highest BCUT2D eigenvalue weighted by Crippen LogP contribution is 2.43. The zero-order valence-corrected chi connectivity index (χ0v) is 28.1. The summed E-state index contributed by atoms with van der Waals surface area (Å²) in [6.45, 7) is 0. The van der Waals surface area contributed by atoms with Crippen molar-refractivity contribution >= 4 is 80.9 Å². The minimum atomic E-state index is 1.12. The van der Waals surface area contributed by atoms with Gasteiger partial charge in [-0.3, -0.25) is 0 Å². The second kappa shape index (κ2) is 11.7. The predicted octanol–water partition coefficient (Wildman–Crippen LogP) is 14.3. The molecule has 0 radical (unpaired) electrons. The van der Waals surface area contributed by atoms with E-state index in [-0.39, 0.29) is 0 Å². The first-order chi connectivity index (χ1) is 24.8. The zero-order chi connectivity index (χ0) is 33.0.